The van der Waals surface area contributed by atoms with Crippen LogP contribution in [0.2, 0.25) is 0 Å². The molecule has 2 aromatic rings. The quantitative estimate of drug-likeness (QED) is 0.812. The van der Waals surface area contributed by atoms with Crippen molar-refractivity contribution in [3.8, 4) is 11.5 Å². The van der Waals surface area contributed by atoms with Crippen LogP contribution in [0.4, 0.5) is 0 Å². The minimum Gasteiger partial charge on any atom is -0.496 e. The zero-order chi connectivity index (χ0) is 15.2. The summed E-state index contributed by atoms with van der Waals surface area (Å²) in [5, 5.41) is 9.92. The van der Waals surface area contributed by atoms with Crippen LogP contribution in [0, 0.1) is 0 Å². The van der Waals surface area contributed by atoms with Gasteiger partial charge in [-0.1, -0.05) is 30.3 Å². The molecule has 0 saturated heterocycles. The van der Waals surface area contributed by atoms with Crippen molar-refractivity contribution < 1.29 is 14.6 Å². The van der Waals surface area contributed by atoms with Crippen molar-refractivity contribution >= 4 is 23.2 Å². The lowest BCUT2D eigenvalue weighted by Gasteiger charge is -2.16. The van der Waals surface area contributed by atoms with Gasteiger partial charge < -0.3 is 14.6 Å². The largest absolute Gasteiger partial charge is 0.496 e. The number of rotatable bonds is 6. The molecule has 5 heteroatoms. The molecule has 0 aliphatic heterocycles. The second-order valence-corrected chi connectivity index (χ2v) is 5.62. The topological polar surface area (TPSA) is 38.7 Å². The zero-order valence-electron chi connectivity index (χ0n) is 11.5. The summed E-state index contributed by atoms with van der Waals surface area (Å²) < 4.78 is 11.0. The molecule has 1 atom stereocenters. The van der Waals surface area contributed by atoms with Crippen LogP contribution in [-0.2, 0) is 6.61 Å². The number of hydrogen-bond acceptors (Lipinski definition) is 3. The third-order valence-corrected chi connectivity index (χ3v) is 3.49. The average molecular weight is 327 g/mol. The van der Waals surface area contributed by atoms with E-state index >= 15 is 0 Å². The van der Waals surface area contributed by atoms with Gasteiger partial charge >= 0.3 is 0 Å². The highest BCUT2D eigenvalue weighted by Gasteiger charge is 2.20. The molecule has 112 valence electrons. The Morgan fingerprint density at radius 3 is 2.43 bits per heavy atom. The van der Waals surface area contributed by atoms with Crippen molar-refractivity contribution in [2.75, 3.05) is 7.11 Å². The molecular weight excluding hydrogens is 311 g/mol. The van der Waals surface area contributed by atoms with E-state index in [9.17, 15) is 5.11 Å². The molecule has 3 nitrogen and oxygen atoms in total. The summed E-state index contributed by atoms with van der Waals surface area (Å²) in [6, 6.07) is 15.0. The highest BCUT2D eigenvalue weighted by Crippen LogP contribution is 2.34. The summed E-state index contributed by atoms with van der Waals surface area (Å²) in [6.07, 6.45) is -1.01. The molecule has 0 fully saturated rings. The zero-order valence-corrected chi connectivity index (χ0v) is 13.0. The average Bonchev–Trinajstić information content (AvgIpc) is 2.52. The second-order valence-electron chi connectivity index (χ2n) is 4.46. The van der Waals surface area contributed by atoms with Gasteiger partial charge in [-0.3, -0.25) is 0 Å². The molecule has 0 aliphatic carbocycles. The Labute approximate surface area is 134 Å². The highest BCUT2D eigenvalue weighted by atomic mass is 35.5. The Morgan fingerprint density at radius 2 is 1.81 bits per heavy atom. The maximum atomic E-state index is 9.92. The van der Waals surface area contributed by atoms with Crippen LogP contribution >= 0.6 is 23.2 Å². The minimum atomic E-state index is -1.01. The number of hydrogen-bond donors (Lipinski definition) is 1. The smallest absolute Gasteiger partial charge is 0.137 e. The predicted molar refractivity (Wildman–Crippen MR) is 84.2 cm³/mol. The third kappa shape index (κ3) is 4.27. The van der Waals surface area contributed by atoms with Crippen LogP contribution in [0.1, 0.15) is 17.2 Å². The monoisotopic (exact) mass is 326 g/mol. The van der Waals surface area contributed by atoms with Crippen LogP contribution < -0.4 is 9.47 Å². The van der Waals surface area contributed by atoms with Crippen LogP contribution in [-0.4, -0.2) is 17.1 Å². The van der Waals surface area contributed by atoms with Crippen LogP contribution in [0.15, 0.2) is 48.5 Å². The maximum absolute atomic E-state index is 9.92. The number of methoxy groups -OCH3 is 1. The molecule has 0 radical (unpaired) electrons. The molecule has 0 amide bonds. The number of benzene rings is 2. The second kappa shape index (κ2) is 7.55. The van der Waals surface area contributed by atoms with Crippen molar-refractivity contribution in [1.82, 2.24) is 0 Å². The molecule has 2 rings (SSSR count). The number of aliphatic hydroxyl groups excluding tert-OH is 1. The predicted octanol–water partition coefficient (Wildman–Crippen LogP) is 4.11. The lowest BCUT2D eigenvalue weighted by Crippen LogP contribution is -2.08. The standard InChI is InChI=1S/C16H16Cl2O3/c1-20-14-9-12(7-8-13(14)15(19)16(17)18)21-10-11-5-3-2-4-6-11/h2-9,15-16,19H,10H2,1H3. The van der Waals surface area contributed by atoms with E-state index in [4.69, 9.17) is 32.7 Å². The van der Waals surface area contributed by atoms with E-state index in [1.54, 1.807) is 18.2 Å². The van der Waals surface area contributed by atoms with Crippen molar-refractivity contribution in [3.05, 3.63) is 59.7 Å². The van der Waals surface area contributed by atoms with Gasteiger partial charge in [-0.2, -0.15) is 0 Å². The van der Waals surface area contributed by atoms with Crippen molar-refractivity contribution in [3.63, 3.8) is 0 Å². The number of alkyl halides is 2. The molecule has 0 aromatic heterocycles. The normalized spacial score (nSPS) is 12.2. The fourth-order valence-electron chi connectivity index (χ4n) is 1.90. The van der Waals surface area contributed by atoms with E-state index in [0.29, 0.717) is 23.7 Å². The van der Waals surface area contributed by atoms with E-state index in [2.05, 4.69) is 0 Å². The van der Waals surface area contributed by atoms with E-state index in [1.807, 2.05) is 30.3 Å². The molecule has 1 unspecified atom stereocenters. The molecular formula is C16H16Cl2O3. The van der Waals surface area contributed by atoms with Crippen molar-refractivity contribution in [1.29, 1.82) is 0 Å². The van der Waals surface area contributed by atoms with Gasteiger partial charge in [0.1, 0.15) is 29.0 Å². The Kier molecular flexibility index (Phi) is 5.74. The molecule has 0 spiro atoms. The summed E-state index contributed by atoms with van der Waals surface area (Å²) in [7, 11) is 1.52. The van der Waals surface area contributed by atoms with Gasteiger partial charge in [0, 0.05) is 11.6 Å². The van der Waals surface area contributed by atoms with Crippen molar-refractivity contribution in [2.24, 2.45) is 0 Å². The third-order valence-electron chi connectivity index (χ3n) is 3.01. The van der Waals surface area contributed by atoms with E-state index < -0.39 is 10.9 Å². The Morgan fingerprint density at radius 1 is 1.10 bits per heavy atom. The molecule has 0 saturated carbocycles. The summed E-state index contributed by atoms with van der Waals surface area (Å²) in [6.45, 7) is 0.458. The maximum Gasteiger partial charge on any atom is 0.137 e. The lowest BCUT2D eigenvalue weighted by atomic mass is 10.1. The number of aliphatic hydroxyl groups is 1. The van der Waals surface area contributed by atoms with E-state index in [1.165, 1.54) is 7.11 Å². The van der Waals surface area contributed by atoms with Gasteiger partial charge in [0.15, 0.2) is 0 Å². The first-order chi connectivity index (χ1) is 10.1. The first kappa shape index (κ1) is 16.0. The van der Waals surface area contributed by atoms with E-state index in [-0.39, 0.29) is 0 Å². The molecule has 0 heterocycles. The molecule has 2 aromatic carbocycles. The van der Waals surface area contributed by atoms with Gasteiger partial charge in [-0.15, -0.1) is 23.2 Å². The Balaban J connectivity index is 2.12. The Bertz CT molecular complexity index is 573. The van der Waals surface area contributed by atoms with Crippen molar-refractivity contribution in [2.45, 2.75) is 17.5 Å². The summed E-state index contributed by atoms with van der Waals surface area (Å²) >= 11 is 11.4. The molecule has 0 aliphatic rings. The van der Waals surface area contributed by atoms with Gasteiger partial charge in [-0.25, -0.2) is 0 Å². The van der Waals surface area contributed by atoms with Gasteiger partial charge in [0.05, 0.1) is 7.11 Å². The molecule has 1 N–H and O–H groups in total. The van der Waals surface area contributed by atoms with Gasteiger partial charge in [-0.05, 0) is 17.7 Å². The first-order valence-corrected chi connectivity index (χ1v) is 7.30. The molecule has 21 heavy (non-hydrogen) atoms. The highest BCUT2D eigenvalue weighted by molar-refractivity contribution is 6.44. The Hall–Kier alpha value is -1.42. The SMILES string of the molecule is COc1cc(OCc2ccccc2)ccc1C(O)C(Cl)Cl. The number of ether oxygens (including phenoxy) is 2. The molecule has 0 bridgehead atoms. The summed E-state index contributed by atoms with van der Waals surface area (Å²) in [5.74, 6) is 1.13. The summed E-state index contributed by atoms with van der Waals surface area (Å²) in [4.78, 5) is -0.921. The first-order valence-electron chi connectivity index (χ1n) is 6.42. The number of halogens is 2. The van der Waals surface area contributed by atoms with Crippen LogP contribution in [0.5, 0.6) is 11.5 Å². The lowest BCUT2D eigenvalue weighted by molar-refractivity contribution is 0.187. The van der Waals surface area contributed by atoms with Crippen LogP contribution in [0.25, 0.3) is 0 Å². The fourth-order valence-corrected chi connectivity index (χ4v) is 2.17. The van der Waals surface area contributed by atoms with Gasteiger partial charge in [0.25, 0.3) is 0 Å². The van der Waals surface area contributed by atoms with Gasteiger partial charge in [0.2, 0.25) is 0 Å². The summed E-state index contributed by atoms with van der Waals surface area (Å²) in [5.41, 5.74) is 1.60. The fraction of sp³-hybridized carbons (Fsp3) is 0.250. The van der Waals surface area contributed by atoms with E-state index in [0.717, 1.165) is 5.56 Å². The van der Waals surface area contributed by atoms with Crippen LogP contribution in [0.3, 0.4) is 0 Å². The minimum absolute atomic E-state index is 0.458.